The maximum Gasteiger partial charge on any atom is 0.196 e. The molecule has 34 heavy (non-hydrogen) atoms. The Balaban J connectivity index is 0.00000199. The van der Waals surface area contributed by atoms with Gasteiger partial charge in [0, 0.05) is 12.1 Å². The van der Waals surface area contributed by atoms with Crippen LogP contribution in [0.3, 0.4) is 0 Å². The van der Waals surface area contributed by atoms with Crippen LogP contribution in [0.4, 0.5) is 0 Å². The van der Waals surface area contributed by atoms with Crippen LogP contribution in [0.5, 0.6) is 0 Å². The lowest BCUT2D eigenvalue weighted by Crippen LogP contribution is -2.33. The summed E-state index contributed by atoms with van der Waals surface area (Å²) in [5.74, 6) is 0.779. The first-order chi connectivity index (χ1) is 16.4. The minimum Gasteiger partial charge on any atom is -0.464 e. The lowest BCUT2D eigenvalue weighted by Gasteiger charge is -2.22. The van der Waals surface area contributed by atoms with Crippen molar-refractivity contribution in [2.24, 2.45) is 0 Å². The maximum atomic E-state index is 6.02. The zero-order valence-electron chi connectivity index (χ0n) is 21.2. The van der Waals surface area contributed by atoms with E-state index in [1.807, 2.05) is 19.1 Å². The minimum absolute atomic E-state index is 0.0780. The molecule has 3 rings (SSSR count). The van der Waals surface area contributed by atoms with Crippen LogP contribution >= 0.6 is 0 Å². The highest BCUT2D eigenvalue weighted by Crippen LogP contribution is 2.29. The Morgan fingerprint density at radius 2 is 1.71 bits per heavy atom. The molecular weight excluding hydrogens is 420 g/mol. The first-order valence-corrected chi connectivity index (χ1v) is 11.8. The summed E-state index contributed by atoms with van der Waals surface area (Å²) < 4.78 is 6.02. The Morgan fingerprint density at radius 3 is 2.24 bits per heavy atom. The van der Waals surface area contributed by atoms with Crippen LogP contribution in [-0.2, 0) is 16.7 Å². The maximum absolute atomic E-state index is 6.02. The van der Waals surface area contributed by atoms with E-state index in [2.05, 4.69) is 105 Å². The highest BCUT2D eigenvalue weighted by Gasteiger charge is 2.23. The number of rotatable bonds is 9. The summed E-state index contributed by atoms with van der Waals surface area (Å²) >= 11 is 0. The number of benzene rings is 2. The van der Waals surface area contributed by atoms with Crippen molar-refractivity contribution in [3.8, 4) is 0 Å². The third kappa shape index (κ3) is 7.17. The third-order valence-electron chi connectivity index (χ3n) is 5.63. The van der Waals surface area contributed by atoms with Crippen LogP contribution < -0.4 is 16.0 Å². The van der Waals surface area contributed by atoms with Crippen molar-refractivity contribution in [1.29, 1.82) is 5.41 Å². The van der Waals surface area contributed by atoms with Gasteiger partial charge in [0.25, 0.3) is 0 Å². The number of ether oxygens (including phenoxy) is 1. The second kappa shape index (κ2) is 12.9. The van der Waals surface area contributed by atoms with E-state index in [0.717, 1.165) is 30.1 Å². The van der Waals surface area contributed by atoms with Crippen LogP contribution in [0.15, 0.2) is 84.8 Å². The lowest BCUT2D eigenvalue weighted by atomic mass is 9.87. The predicted molar refractivity (Wildman–Crippen MR) is 144 cm³/mol. The molecule has 0 aliphatic carbocycles. The molecule has 2 unspecified atom stereocenters. The molecule has 2 aromatic rings. The second-order valence-electron chi connectivity index (χ2n) is 9.11. The summed E-state index contributed by atoms with van der Waals surface area (Å²) in [6, 6.07) is 17.5. The average Bonchev–Trinajstić information content (AvgIpc) is 3.26. The number of allylic oxidation sites excluding steroid dienone is 3. The highest BCUT2D eigenvalue weighted by molar-refractivity contribution is 5.34. The molecule has 5 heteroatoms. The normalized spacial score (nSPS) is 16.4. The van der Waals surface area contributed by atoms with Crippen LogP contribution in [-0.4, -0.2) is 13.3 Å². The van der Waals surface area contributed by atoms with Gasteiger partial charge in [-0.3, -0.25) is 10.6 Å². The van der Waals surface area contributed by atoms with E-state index in [1.165, 1.54) is 16.7 Å². The smallest absolute Gasteiger partial charge is 0.196 e. The molecule has 1 aliphatic heterocycles. The van der Waals surface area contributed by atoms with Crippen molar-refractivity contribution in [1.82, 2.24) is 16.0 Å². The summed E-state index contributed by atoms with van der Waals surface area (Å²) in [6.07, 6.45) is 5.62. The largest absolute Gasteiger partial charge is 0.464 e. The van der Waals surface area contributed by atoms with Crippen LogP contribution in [0.2, 0.25) is 0 Å². The molecule has 2 aromatic carbocycles. The van der Waals surface area contributed by atoms with E-state index in [-0.39, 0.29) is 17.8 Å². The molecule has 0 bridgehead atoms. The third-order valence-corrected chi connectivity index (χ3v) is 5.63. The Morgan fingerprint density at radius 1 is 1.06 bits per heavy atom. The molecule has 0 radical (unpaired) electrons. The standard InChI is InChI=1S/C28H37N3O.CH3N/c1-7-10-24-25(8-2)32-27(31-24)22-15-13-21(14-16-22)26(29-9-3)30-19-20-11-17-23(18-12-20)28(4,5)6;1-2/h7-8,10-18,26-27,29-31H,2,9,19H2,1,3-6H3;2H,1H2/b10-7-;. The fraction of sp³-hybridized carbons (Fsp3) is 0.345. The molecule has 0 saturated heterocycles. The van der Waals surface area contributed by atoms with Crippen molar-refractivity contribution in [2.45, 2.75) is 59.0 Å². The molecule has 0 amide bonds. The van der Waals surface area contributed by atoms with E-state index in [4.69, 9.17) is 10.1 Å². The van der Waals surface area contributed by atoms with E-state index < -0.39 is 0 Å². The van der Waals surface area contributed by atoms with Crippen molar-refractivity contribution in [3.63, 3.8) is 0 Å². The Hall–Kier alpha value is -3.15. The zero-order chi connectivity index (χ0) is 25.1. The van der Waals surface area contributed by atoms with Gasteiger partial charge in [-0.15, -0.1) is 0 Å². The van der Waals surface area contributed by atoms with Gasteiger partial charge < -0.3 is 15.5 Å². The van der Waals surface area contributed by atoms with Gasteiger partial charge in [0.1, 0.15) is 5.76 Å². The second-order valence-corrected chi connectivity index (χ2v) is 9.11. The van der Waals surface area contributed by atoms with Crippen LogP contribution in [0.1, 0.15) is 69.3 Å². The fourth-order valence-corrected chi connectivity index (χ4v) is 3.76. The van der Waals surface area contributed by atoms with E-state index >= 15 is 0 Å². The molecule has 5 nitrogen and oxygen atoms in total. The van der Waals surface area contributed by atoms with Crippen LogP contribution in [0, 0.1) is 5.41 Å². The minimum atomic E-state index is -0.199. The summed E-state index contributed by atoms with van der Waals surface area (Å²) in [5.41, 5.74) is 6.05. The first kappa shape index (κ1) is 27.1. The van der Waals surface area contributed by atoms with Gasteiger partial charge in [-0.1, -0.05) is 88.9 Å². The fourth-order valence-electron chi connectivity index (χ4n) is 3.76. The number of hydrogen-bond acceptors (Lipinski definition) is 5. The molecule has 0 aromatic heterocycles. The zero-order valence-corrected chi connectivity index (χ0v) is 21.2. The SMILES string of the molecule is C=CC1=C(/C=C\C)NC(c2ccc(C(NCC)NCc3ccc(C(C)(C)C)cc3)cc2)O1.C=N. The molecule has 182 valence electrons. The van der Waals surface area contributed by atoms with Gasteiger partial charge in [0.2, 0.25) is 0 Å². The van der Waals surface area contributed by atoms with Crippen molar-refractivity contribution in [2.75, 3.05) is 6.54 Å². The summed E-state index contributed by atoms with van der Waals surface area (Å²) in [5, 5.41) is 16.1. The Bertz CT molecular complexity index is 969. The molecule has 4 N–H and O–H groups in total. The summed E-state index contributed by atoms with van der Waals surface area (Å²) in [7, 11) is 0. The lowest BCUT2D eigenvalue weighted by molar-refractivity contribution is 0.137. The van der Waals surface area contributed by atoms with Crippen molar-refractivity contribution >= 4 is 6.72 Å². The molecule has 2 atom stereocenters. The number of nitrogens with one attached hydrogen (secondary N) is 4. The topological polar surface area (TPSA) is 69.2 Å². The summed E-state index contributed by atoms with van der Waals surface area (Å²) in [4.78, 5) is 0. The van der Waals surface area contributed by atoms with Gasteiger partial charge in [0.15, 0.2) is 6.23 Å². The predicted octanol–water partition coefficient (Wildman–Crippen LogP) is 6.24. The highest BCUT2D eigenvalue weighted by atomic mass is 16.5. The molecule has 0 fully saturated rings. The molecule has 0 spiro atoms. The van der Waals surface area contributed by atoms with Gasteiger partial charge in [0.05, 0.1) is 11.9 Å². The van der Waals surface area contributed by atoms with Crippen molar-refractivity contribution in [3.05, 3.63) is 107 Å². The van der Waals surface area contributed by atoms with Crippen LogP contribution in [0.25, 0.3) is 0 Å². The number of hydrogen-bond donors (Lipinski definition) is 4. The van der Waals surface area contributed by atoms with Gasteiger partial charge in [-0.25, -0.2) is 0 Å². The van der Waals surface area contributed by atoms with E-state index in [1.54, 1.807) is 6.08 Å². The molecule has 0 saturated carbocycles. The van der Waals surface area contributed by atoms with Crippen molar-refractivity contribution < 1.29 is 4.74 Å². The van der Waals surface area contributed by atoms with E-state index in [9.17, 15) is 0 Å². The average molecular weight is 461 g/mol. The molecule has 1 heterocycles. The van der Waals surface area contributed by atoms with E-state index in [0.29, 0.717) is 0 Å². The van der Waals surface area contributed by atoms with Gasteiger partial charge >= 0.3 is 0 Å². The van der Waals surface area contributed by atoms with Gasteiger partial charge in [-0.05, 0) is 54.4 Å². The monoisotopic (exact) mass is 460 g/mol. The molecular formula is C29H40N4O. The molecule has 1 aliphatic rings. The Labute approximate surface area is 205 Å². The summed E-state index contributed by atoms with van der Waals surface area (Å²) in [6.45, 7) is 18.9. The first-order valence-electron chi connectivity index (χ1n) is 11.8. The quantitative estimate of drug-likeness (QED) is 0.264. The van der Waals surface area contributed by atoms with Gasteiger partial charge in [-0.2, -0.15) is 0 Å². The Kier molecular flexibility index (Phi) is 10.3.